The van der Waals surface area contributed by atoms with Crippen LogP contribution in [0.3, 0.4) is 0 Å². The van der Waals surface area contributed by atoms with Gasteiger partial charge in [-0.05, 0) is 41.2 Å². The first-order valence-electron chi connectivity index (χ1n) is 7.02. The Bertz CT molecular complexity index is 292. The van der Waals surface area contributed by atoms with E-state index in [1.807, 2.05) is 0 Å². The van der Waals surface area contributed by atoms with Gasteiger partial charge in [0.15, 0.2) is 0 Å². The molecule has 0 bridgehead atoms. The molecule has 0 aliphatic carbocycles. The molecule has 4 heteroatoms. The van der Waals surface area contributed by atoms with Crippen LogP contribution in [0.4, 0.5) is 0 Å². The molecule has 2 aliphatic rings. The number of hydrogen-bond donors (Lipinski definition) is 1. The van der Waals surface area contributed by atoms with Gasteiger partial charge in [0.2, 0.25) is 0 Å². The summed E-state index contributed by atoms with van der Waals surface area (Å²) in [4.78, 5) is 2.33. The molecule has 2 saturated heterocycles. The molecule has 0 spiro atoms. The maximum Gasteiger partial charge on any atom is 0.0826 e. The SMILES string of the molecule is CN1CCOC(CNC2CC(C)(C)OC2(C)C)C1. The Balaban J connectivity index is 1.83. The Morgan fingerprint density at radius 2 is 2.00 bits per heavy atom. The molecule has 0 aromatic heterocycles. The highest BCUT2D eigenvalue weighted by Gasteiger charge is 2.45. The number of morpholine rings is 1. The van der Waals surface area contributed by atoms with Crippen molar-refractivity contribution in [3.63, 3.8) is 0 Å². The lowest BCUT2D eigenvalue weighted by molar-refractivity contribution is -0.0716. The van der Waals surface area contributed by atoms with Crippen LogP contribution in [0.15, 0.2) is 0 Å². The van der Waals surface area contributed by atoms with Crippen molar-refractivity contribution < 1.29 is 9.47 Å². The molecule has 0 amide bonds. The second-order valence-electron chi connectivity index (χ2n) is 6.89. The summed E-state index contributed by atoms with van der Waals surface area (Å²) in [7, 11) is 2.15. The molecule has 4 nitrogen and oxygen atoms in total. The average Bonchev–Trinajstić information content (AvgIpc) is 2.43. The van der Waals surface area contributed by atoms with Gasteiger partial charge < -0.3 is 19.7 Å². The highest BCUT2D eigenvalue weighted by atomic mass is 16.5. The van der Waals surface area contributed by atoms with Gasteiger partial charge in [0, 0.05) is 25.7 Å². The third-order valence-electron chi connectivity index (χ3n) is 4.01. The van der Waals surface area contributed by atoms with E-state index in [2.05, 4.69) is 45.0 Å². The summed E-state index contributed by atoms with van der Waals surface area (Å²) in [5.41, 5.74) is -0.116. The molecule has 0 saturated carbocycles. The van der Waals surface area contributed by atoms with Crippen LogP contribution in [0.5, 0.6) is 0 Å². The van der Waals surface area contributed by atoms with Crippen molar-refractivity contribution in [1.29, 1.82) is 0 Å². The fourth-order valence-electron chi connectivity index (χ4n) is 3.14. The molecule has 2 heterocycles. The first kappa shape index (κ1) is 14.3. The van der Waals surface area contributed by atoms with Gasteiger partial charge in [-0.2, -0.15) is 0 Å². The lowest BCUT2D eigenvalue weighted by Crippen LogP contribution is -2.50. The number of hydrogen-bond acceptors (Lipinski definition) is 4. The van der Waals surface area contributed by atoms with Crippen LogP contribution in [0.2, 0.25) is 0 Å². The minimum absolute atomic E-state index is 0.0224. The number of nitrogens with zero attached hydrogens (tertiary/aromatic N) is 1. The smallest absolute Gasteiger partial charge is 0.0826 e. The van der Waals surface area contributed by atoms with Gasteiger partial charge in [-0.15, -0.1) is 0 Å². The Morgan fingerprint density at radius 1 is 1.28 bits per heavy atom. The van der Waals surface area contributed by atoms with E-state index in [-0.39, 0.29) is 11.2 Å². The van der Waals surface area contributed by atoms with Crippen LogP contribution in [0, 0.1) is 0 Å². The largest absolute Gasteiger partial charge is 0.374 e. The van der Waals surface area contributed by atoms with Crippen LogP contribution in [0.25, 0.3) is 0 Å². The van der Waals surface area contributed by atoms with Crippen LogP contribution in [0.1, 0.15) is 34.1 Å². The van der Waals surface area contributed by atoms with Crippen LogP contribution in [-0.4, -0.2) is 61.5 Å². The maximum atomic E-state index is 6.10. The van der Waals surface area contributed by atoms with E-state index in [1.54, 1.807) is 0 Å². The zero-order chi connectivity index (χ0) is 13.4. The number of nitrogens with one attached hydrogen (secondary N) is 1. The molecule has 2 aliphatic heterocycles. The number of likely N-dealkylation sites (N-methyl/N-ethyl adjacent to an activating group) is 1. The third-order valence-corrected chi connectivity index (χ3v) is 4.01. The Hall–Kier alpha value is -0.160. The fourth-order valence-corrected chi connectivity index (χ4v) is 3.14. The van der Waals surface area contributed by atoms with Crippen molar-refractivity contribution in [2.24, 2.45) is 0 Å². The molecule has 2 fully saturated rings. The predicted octanol–water partition coefficient (Wildman–Crippen LogP) is 1.25. The second kappa shape index (κ2) is 5.08. The highest BCUT2D eigenvalue weighted by molar-refractivity contribution is 4.99. The van der Waals surface area contributed by atoms with Crippen LogP contribution >= 0.6 is 0 Å². The minimum atomic E-state index is -0.0932. The van der Waals surface area contributed by atoms with Crippen molar-refractivity contribution in [2.45, 2.75) is 57.5 Å². The van der Waals surface area contributed by atoms with E-state index in [9.17, 15) is 0 Å². The van der Waals surface area contributed by atoms with Gasteiger partial charge in [-0.25, -0.2) is 0 Å². The van der Waals surface area contributed by atoms with Crippen molar-refractivity contribution in [3.8, 4) is 0 Å². The third kappa shape index (κ3) is 3.44. The first-order chi connectivity index (χ1) is 8.28. The van der Waals surface area contributed by atoms with Crippen molar-refractivity contribution >= 4 is 0 Å². The molecule has 0 aromatic carbocycles. The maximum absolute atomic E-state index is 6.10. The lowest BCUT2D eigenvalue weighted by Gasteiger charge is -2.33. The van der Waals surface area contributed by atoms with Gasteiger partial charge in [-0.3, -0.25) is 0 Å². The Labute approximate surface area is 111 Å². The zero-order valence-corrected chi connectivity index (χ0v) is 12.5. The summed E-state index contributed by atoms with van der Waals surface area (Å²) >= 11 is 0. The van der Waals surface area contributed by atoms with Gasteiger partial charge in [0.05, 0.1) is 23.9 Å². The normalized spacial score (nSPS) is 35.8. The molecule has 0 aromatic rings. The van der Waals surface area contributed by atoms with Crippen molar-refractivity contribution in [3.05, 3.63) is 0 Å². The monoisotopic (exact) mass is 256 g/mol. The van der Waals surface area contributed by atoms with Gasteiger partial charge >= 0.3 is 0 Å². The Morgan fingerprint density at radius 3 is 2.56 bits per heavy atom. The molecule has 2 unspecified atom stereocenters. The van der Waals surface area contributed by atoms with E-state index >= 15 is 0 Å². The molecule has 0 radical (unpaired) electrons. The summed E-state index contributed by atoms with van der Waals surface area (Å²) in [5.74, 6) is 0. The van der Waals surface area contributed by atoms with Crippen LogP contribution in [-0.2, 0) is 9.47 Å². The summed E-state index contributed by atoms with van der Waals surface area (Å²) < 4.78 is 11.9. The molecule has 2 atom stereocenters. The predicted molar refractivity (Wildman–Crippen MR) is 72.9 cm³/mol. The van der Waals surface area contributed by atoms with Crippen LogP contribution < -0.4 is 5.32 Å². The van der Waals surface area contributed by atoms with E-state index < -0.39 is 0 Å². The summed E-state index contributed by atoms with van der Waals surface area (Å²) in [6.45, 7) is 12.5. The van der Waals surface area contributed by atoms with E-state index in [0.717, 1.165) is 32.7 Å². The van der Waals surface area contributed by atoms with E-state index in [1.165, 1.54) is 0 Å². The zero-order valence-electron chi connectivity index (χ0n) is 12.5. The quantitative estimate of drug-likeness (QED) is 0.824. The fraction of sp³-hybridized carbons (Fsp3) is 1.00. The lowest BCUT2D eigenvalue weighted by atomic mass is 9.94. The topological polar surface area (TPSA) is 33.7 Å². The average molecular weight is 256 g/mol. The molecular weight excluding hydrogens is 228 g/mol. The molecular formula is C14H28N2O2. The van der Waals surface area contributed by atoms with Gasteiger partial charge in [0.1, 0.15) is 0 Å². The van der Waals surface area contributed by atoms with Gasteiger partial charge in [0.25, 0.3) is 0 Å². The number of ether oxygens (including phenoxy) is 2. The van der Waals surface area contributed by atoms with Crippen molar-refractivity contribution in [2.75, 3.05) is 33.3 Å². The minimum Gasteiger partial charge on any atom is -0.374 e. The number of rotatable bonds is 3. The highest BCUT2D eigenvalue weighted by Crippen LogP contribution is 2.37. The molecule has 2 rings (SSSR count). The molecule has 18 heavy (non-hydrogen) atoms. The summed E-state index contributed by atoms with van der Waals surface area (Å²) in [5, 5.41) is 3.64. The van der Waals surface area contributed by atoms with Gasteiger partial charge in [-0.1, -0.05) is 0 Å². The van der Waals surface area contributed by atoms with Crippen molar-refractivity contribution in [1.82, 2.24) is 10.2 Å². The summed E-state index contributed by atoms with van der Waals surface area (Å²) in [6.07, 6.45) is 1.37. The molecule has 106 valence electrons. The van der Waals surface area contributed by atoms with E-state index in [4.69, 9.17) is 9.47 Å². The Kier molecular flexibility index (Phi) is 4.02. The first-order valence-corrected chi connectivity index (χ1v) is 7.02. The standard InChI is InChI=1S/C14H28N2O2/c1-13(2)8-12(14(3,4)18-13)15-9-11-10-16(5)6-7-17-11/h11-12,15H,6-10H2,1-5H3. The second-order valence-corrected chi connectivity index (χ2v) is 6.89. The summed E-state index contributed by atoms with van der Waals surface area (Å²) in [6, 6.07) is 0.406. The van der Waals surface area contributed by atoms with E-state index in [0.29, 0.717) is 12.1 Å². The molecule has 1 N–H and O–H groups in total.